The van der Waals surface area contributed by atoms with Gasteiger partial charge in [0.25, 0.3) is 0 Å². The van der Waals surface area contributed by atoms with Crippen molar-refractivity contribution in [1.29, 1.82) is 0 Å². The number of hydrogen-bond donors (Lipinski definition) is 3. The summed E-state index contributed by atoms with van der Waals surface area (Å²) in [6.45, 7) is 3.76. The summed E-state index contributed by atoms with van der Waals surface area (Å²) in [6, 6.07) is 0. The van der Waals surface area contributed by atoms with Crippen LogP contribution in [0.3, 0.4) is 0 Å². The molecule has 4 nitrogen and oxygen atoms in total. The minimum atomic E-state index is -0.804. The van der Waals surface area contributed by atoms with E-state index in [1.54, 1.807) is 18.7 Å². The highest BCUT2D eigenvalue weighted by Crippen LogP contribution is 2.11. The second-order valence-electron chi connectivity index (χ2n) is 4.34. The first-order chi connectivity index (χ1) is 7.05. The van der Waals surface area contributed by atoms with Crippen molar-refractivity contribution in [3.8, 4) is 0 Å². The van der Waals surface area contributed by atoms with Crippen LogP contribution in [0, 0.1) is 5.92 Å². The molecule has 3 N–H and O–H groups in total. The standard InChI is InChI=1S/C10H20N2O2S/c1-10(14,7-15-2)6-12-9(13)8-3-4-11-5-8/h8,11,14H,3-7H2,1-2H3,(H,12,13). The summed E-state index contributed by atoms with van der Waals surface area (Å²) in [6.07, 6.45) is 2.84. The summed E-state index contributed by atoms with van der Waals surface area (Å²) in [5.41, 5.74) is -0.804. The van der Waals surface area contributed by atoms with Gasteiger partial charge >= 0.3 is 0 Å². The number of aliphatic hydroxyl groups is 1. The largest absolute Gasteiger partial charge is 0.387 e. The van der Waals surface area contributed by atoms with E-state index in [1.807, 2.05) is 6.26 Å². The molecule has 88 valence electrons. The minimum absolute atomic E-state index is 0.0568. The molecule has 1 saturated heterocycles. The fourth-order valence-electron chi connectivity index (χ4n) is 1.66. The van der Waals surface area contributed by atoms with Crippen LogP contribution in [0.25, 0.3) is 0 Å². The molecule has 0 radical (unpaired) electrons. The van der Waals surface area contributed by atoms with Crippen LogP contribution in [0.2, 0.25) is 0 Å². The molecule has 0 aromatic rings. The van der Waals surface area contributed by atoms with Gasteiger partial charge in [-0.3, -0.25) is 4.79 Å². The van der Waals surface area contributed by atoms with Gasteiger partial charge in [-0.25, -0.2) is 0 Å². The van der Waals surface area contributed by atoms with E-state index in [9.17, 15) is 9.90 Å². The molecule has 2 unspecified atom stereocenters. The normalized spacial score (nSPS) is 24.9. The maximum absolute atomic E-state index is 11.6. The van der Waals surface area contributed by atoms with Gasteiger partial charge in [0.2, 0.25) is 5.91 Å². The molecule has 1 aliphatic rings. The first-order valence-electron chi connectivity index (χ1n) is 5.25. The van der Waals surface area contributed by atoms with Crippen LogP contribution in [0.1, 0.15) is 13.3 Å². The molecule has 0 aromatic carbocycles. The molecule has 1 aliphatic heterocycles. The summed E-state index contributed by atoms with van der Waals surface area (Å²) in [4.78, 5) is 11.6. The molecule has 0 bridgehead atoms. The fourth-order valence-corrected chi connectivity index (χ4v) is 2.39. The Morgan fingerprint density at radius 1 is 1.73 bits per heavy atom. The summed E-state index contributed by atoms with van der Waals surface area (Å²) in [5, 5.41) is 15.8. The van der Waals surface area contributed by atoms with Gasteiger partial charge in [-0.2, -0.15) is 11.8 Å². The van der Waals surface area contributed by atoms with Gasteiger partial charge < -0.3 is 15.7 Å². The average Bonchev–Trinajstić information content (AvgIpc) is 2.67. The van der Waals surface area contributed by atoms with Crippen molar-refractivity contribution in [2.45, 2.75) is 18.9 Å². The number of rotatable bonds is 5. The first kappa shape index (κ1) is 12.8. The van der Waals surface area contributed by atoms with Crippen LogP contribution in [0.15, 0.2) is 0 Å². The van der Waals surface area contributed by atoms with E-state index in [2.05, 4.69) is 10.6 Å². The molecule has 1 rings (SSSR count). The van der Waals surface area contributed by atoms with Gasteiger partial charge in [0.1, 0.15) is 0 Å². The molecular formula is C10H20N2O2S. The number of thioether (sulfide) groups is 1. The maximum Gasteiger partial charge on any atom is 0.224 e. The van der Waals surface area contributed by atoms with E-state index < -0.39 is 5.60 Å². The highest BCUT2D eigenvalue weighted by molar-refractivity contribution is 7.98. The highest BCUT2D eigenvalue weighted by Gasteiger charge is 2.25. The highest BCUT2D eigenvalue weighted by atomic mass is 32.2. The van der Waals surface area contributed by atoms with Crippen molar-refractivity contribution in [3.63, 3.8) is 0 Å². The van der Waals surface area contributed by atoms with E-state index in [-0.39, 0.29) is 11.8 Å². The summed E-state index contributed by atoms with van der Waals surface area (Å²) in [5.74, 6) is 0.771. The van der Waals surface area contributed by atoms with Gasteiger partial charge in [-0.15, -0.1) is 0 Å². The minimum Gasteiger partial charge on any atom is -0.387 e. The number of amides is 1. The van der Waals surface area contributed by atoms with Crippen LogP contribution < -0.4 is 10.6 Å². The Morgan fingerprint density at radius 3 is 3.00 bits per heavy atom. The van der Waals surface area contributed by atoms with Crippen molar-refractivity contribution >= 4 is 17.7 Å². The van der Waals surface area contributed by atoms with Crippen molar-refractivity contribution in [2.75, 3.05) is 31.6 Å². The molecule has 1 heterocycles. The van der Waals surface area contributed by atoms with Gasteiger partial charge in [0.15, 0.2) is 0 Å². The number of carbonyl (C=O) groups excluding carboxylic acids is 1. The number of carbonyl (C=O) groups is 1. The fraction of sp³-hybridized carbons (Fsp3) is 0.900. The van der Waals surface area contributed by atoms with Crippen LogP contribution >= 0.6 is 11.8 Å². The molecular weight excluding hydrogens is 212 g/mol. The van der Waals surface area contributed by atoms with E-state index >= 15 is 0 Å². The molecule has 1 amide bonds. The Balaban J connectivity index is 2.26. The molecule has 0 saturated carbocycles. The quantitative estimate of drug-likeness (QED) is 0.616. The third-order valence-electron chi connectivity index (χ3n) is 2.53. The maximum atomic E-state index is 11.6. The molecule has 0 aliphatic carbocycles. The van der Waals surface area contributed by atoms with Gasteiger partial charge in [-0.05, 0) is 26.1 Å². The smallest absolute Gasteiger partial charge is 0.224 e. The van der Waals surface area contributed by atoms with Crippen molar-refractivity contribution < 1.29 is 9.90 Å². The van der Waals surface area contributed by atoms with E-state index in [4.69, 9.17) is 0 Å². The monoisotopic (exact) mass is 232 g/mol. The Kier molecular flexibility index (Phi) is 4.89. The Bertz CT molecular complexity index is 215. The lowest BCUT2D eigenvalue weighted by molar-refractivity contribution is -0.125. The summed E-state index contributed by atoms with van der Waals surface area (Å²) < 4.78 is 0. The van der Waals surface area contributed by atoms with Crippen LogP contribution in [0.4, 0.5) is 0 Å². The molecule has 1 fully saturated rings. The van der Waals surface area contributed by atoms with Crippen molar-refractivity contribution in [2.24, 2.45) is 5.92 Å². The predicted octanol–water partition coefficient (Wildman–Crippen LogP) is -0.174. The van der Waals surface area contributed by atoms with Crippen LogP contribution in [-0.4, -0.2) is 48.3 Å². The van der Waals surface area contributed by atoms with Crippen LogP contribution in [0.5, 0.6) is 0 Å². The summed E-state index contributed by atoms with van der Waals surface area (Å²) >= 11 is 1.58. The lowest BCUT2D eigenvalue weighted by Crippen LogP contribution is -2.44. The van der Waals surface area contributed by atoms with E-state index in [0.717, 1.165) is 19.5 Å². The lowest BCUT2D eigenvalue weighted by Gasteiger charge is -2.23. The average molecular weight is 232 g/mol. The Labute approximate surface area is 95.2 Å². The van der Waals surface area contributed by atoms with E-state index in [1.165, 1.54) is 0 Å². The zero-order valence-electron chi connectivity index (χ0n) is 9.38. The molecule has 5 heteroatoms. The number of hydrogen-bond acceptors (Lipinski definition) is 4. The van der Waals surface area contributed by atoms with Crippen molar-refractivity contribution in [1.82, 2.24) is 10.6 Å². The Hall–Kier alpha value is -0.260. The molecule has 0 spiro atoms. The molecule has 2 atom stereocenters. The molecule has 0 aromatic heterocycles. The third kappa shape index (κ3) is 4.40. The second-order valence-corrected chi connectivity index (χ2v) is 5.20. The lowest BCUT2D eigenvalue weighted by atomic mass is 10.1. The topological polar surface area (TPSA) is 61.4 Å². The molecule has 15 heavy (non-hydrogen) atoms. The first-order valence-corrected chi connectivity index (χ1v) is 6.64. The zero-order chi connectivity index (χ0) is 11.3. The second kappa shape index (κ2) is 5.72. The van der Waals surface area contributed by atoms with Gasteiger partial charge in [0.05, 0.1) is 11.5 Å². The van der Waals surface area contributed by atoms with E-state index in [0.29, 0.717) is 12.3 Å². The Morgan fingerprint density at radius 2 is 2.47 bits per heavy atom. The number of nitrogens with one attached hydrogen (secondary N) is 2. The SMILES string of the molecule is CSCC(C)(O)CNC(=O)C1CCNC1. The third-order valence-corrected chi connectivity index (χ3v) is 3.44. The van der Waals surface area contributed by atoms with Gasteiger partial charge in [0, 0.05) is 18.8 Å². The van der Waals surface area contributed by atoms with Crippen molar-refractivity contribution in [3.05, 3.63) is 0 Å². The van der Waals surface area contributed by atoms with Gasteiger partial charge in [-0.1, -0.05) is 0 Å². The zero-order valence-corrected chi connectivity index (χ0v) is 10.2. The van der Waals surface area contributed by atoms with Crippen LogP contribution in [-0.2, 0) is 4.79 Å². The predicted molar refractivity (Wildman–Crippen MR) is 63.0 cm³/mol. The summed E-state index contributed by atoms with van der Waals surface area (Å²) in [7, 11) is 0.